The standard InChI is InChI=1S/C19H23N3O2/c1-24-18-9-7-16(8-10-18)20-19(23)15-21-11-13-22(14-12-21)17-5-3-2-4-6-17/h2-10H,11-15H2,1H3,(H,20,23)/p+1. The fourth-order valence-corrected chi connectivity index (χ4v) is 3.00. The molecule has 24 heavy (non-hydrogen) atoms. The minimum atomic E-state index is 0.0586. The van der Waals surface area contributed by atoms with Crippen LogP contribution in [0.2, 0.25) is 0 Å². The molecule has 0 aromatic heterocycles. The highest BCUT2D eigenvalue weighted by Gasteiger charge is 2.22. The molecule has 2 N–H and O–H groups in total. The third kappa shape index (κ3) is 4.26. The SMILES string of the molecule is COc1ccc(NC(=O)C[NH+]2CCN(c3ccccc3)CC2)cc1. The average molecular weight is 326 g/mol. The smallest absolute Gasteiger partial charge is 0.279 e. The molecule has 5 nitrogen and oxygen atoms in total. The number of carbonyl (C=O) groups is 1. The van der Waals surface area contributed by atoms with Crippen molar-refractivity contribution in [2.24, 2.45) is 0 Å². The number of amides is 1. The third-order valence-corrected chi connectivity index (χ3v) is 4.38. The first-order chi connectivity index (χ1) is 11.7. The van der Waals surface area contributed by atoms with Gasteiger partial charge in [0.05, 0.1) is 33.3 Å². The van der Waals surface area contributed by atoms with E-state index in [2.05, 4.69) is 34.5 Å². The van der Waals surface area contributed by atoms with Gasteiger partial charge in [-0.3, -0.25) is 4.79 Å². The van der Waals surface area contributed by atoms with E-state index in [-0.39, 0.29) is 5.91 Å². The molecule has 1 heterocycles. The van der Waals surface area contributed by atoms with Crippen molar-refractivity contribution >= 4 is 17.3 Å². The van der Waals surface area contributed by atoms with E-state index in [0.29, 0.717) is 6.54 Å². The second-order valence-corrected chi connectivity index (χ2v) is 6.03. The summed E-state index contributed by atoms with van der Waals surface area (Å²) < 4.78 is 5.12. The van der Waals surface area contributed by atoms with Crippen molar-refractivity contribution in [2.45, 2.75) is 0 Å². The molecule has 1 aliphatic rings. The topological polar surface area (TPSA) is 46.0 Å². The van der Waals surface area contributed by atoms with E-state index in [4.69, 9.17) is 4.74 Å². The normalized spacial score (nSPS) is 15.1. The molecule has 2 aromatic rings. The van der Waals surface area contributed by atoms with E-state index in [1.807, 2.05) is 30.3 Å². The van der Waals surface area contributed by atoms with Crippen molar-refractivity contribution in [1.82, 2.24) is 0 Å². The summed E-state index contributed by atoms with van der Waals surface area (Å²) in [5.41, 5.74) is 2.07. The highest BCUT2D eigenvalue weighted by atomic mass is 16.5. The Morgan fingerprint density at radius 3 is 2.38 bits per heavy atom. The molecular formula is C19H24N3O2+. The Morgan fingerprint density at radius 2 is 1.75 bits per heavy atom. The Hall–Kier alpha value is -2.53. The van der Waals surface area contributed by atoms with E-state index < -0.39 is 0 Å². The van der Waals surface area contributed by atoms with Gasteiger partial charge in [0.25, 0.3) is 5.91 Å². The zero-order valence-corrected chi connectivity index (χ0v) is 14.0. The van der Waals surface area contributed by atoms with Crippen molar-refractivity contribution in [1.29, 1.82) is 0 Å². The lowest BCUT2D eigenvalue weighted by molar-refractivity contribution is -0.892. The number of rotatable bonds is 5. The largest absolute Gasteiger partial charge is 0.497 e. The molecule has 0 radical (unpaired) electrons. The lowest BCUT2D eigenvalue weighted by atomic mass is 10.2. The maximum absolute atomic E-state index is 12.2. The van der Waals surface area contributed by atoms with Gasteiger partial charge in [-0.05, 0) is 36.4 Å². The zero-order chi connectivity index (χ0) is 16.8. The fourth-order valence-electron chi connectivity index (χ4n) is 3.00. The number of hydrogen-bond donors (Lipinski definition) is 2. The average Bonchev–Trinajstić information content (AvgIpc) is 2.64. The molecule has 2 aromatic carbocycles. The molecule has 1 amide bonds. The predicted molar refractivity (Wildman–Crippen MR) is 95.8 cm³/mol. The first kappa shape index (κ1) is 16.3. The van der Waals surface area contributed by atoms with Crippen molar-refractivity contribution in [2.75, 3.05) is 50.1 Å². The highest BCUT2D eigenvalue weighted by Crippen LogP contribution is 2.15. The van der Waals surface area contributed by atoms with Crippen LogP contribution < -0.4 is 19.9 Å². The van der Waals surface area contributed by atoms with Gasteiger partial charge in [-0.1, -0.05) is 18.2 Å². The first-order valence-electron chi connectivity index (χ1n) is 8.32. The van der Waals surface area contributed by atoms with Crippen molar-refractivity contribution in [3.05, 3.63) is 54.6 Å². The number of nitrogens with one attached hydrogen (secondary N) is 2. The van der Waals surface area contributed by atoms with Crippen LogP contribution in [0.15, 0.2) is 54.6 Å². The van der Waals surface area contributed by atoms with Gasteiger partial charge in [0.15, 0.2) is 6.54 Å². The van der Waals surface area contributed by atoms with E-state index in [1.165, 1.54) is 10.6 Å². The van der Waals surface area contributed by atoms with Crippen LogP contribution in [0.1, 0.15) is 0 Å². The summed E-state index contributed by atoms with van der Waals surface area (Å²) in [5.74, 6) is 0.846. The lowest BCUT2D eigenvalue weighted by Gasteiger charge is -2.33. The Balaban J connectivity index is 1.46. The zero-order valence-electron chi connectivity index (χ0n) is 14.0. The predicted octanol–water partition coefficient (Wildman–Crippen LogP) is 1.04. The minimum absolute atomic E-state index is 0.0586. The maximum atomic E-state index is 12.2. The van der Waals surface area contributed by atoms with Crippen LogP contribution in [0, 0.1) is 0 Å². The van der Waals surface area contributed by atoms with Gasteiger partial charge in [-0.15, -0.1) is 0 Å². The summed E-state index contributed by atoms with van der Waals surface area (Å²) in [4.78, 5) is 15.9. The summed E-state index contributed by atoms with van der Waals surface area (Å²) in [6.07, 6.45) is 0. The number of benzene rings is 2. The van der Waals surface area contributed by atoms with E-state index in [9.17, 15) is 4.79 Å². The molecule has 0 aliphatic carbocycles. The molecular weight excluding hydrogens is 302 g/mol. The number of quaternary nitrogens is 1. The summed E-state index contributed by atoms with van der Waals surface area (Å²) in [7, 11) is 1.63. The van der Waals surface area contributed by atoms with Gasteiger partial charge in [-0.2, -0.15) is 0 Å². The number of para-hydroxylation sites is 1. The van der Waals surface area contributed by atoms with E-state index in [0.717, 1.165) is 37.6 Å². The van der Waals surface area contributed by atoms with Crippen LogP contribution in [-0.4, -0.2) is 45.7 Å². The Kier molecular flexibility index (Phi) is 5.33. The van der Waals surface area contributed by atoms with Gasteiger partial charge >= 0.3 is 0 Å². The van der Waals surface area contributed by atoms with Crippen LogP contribution in [-0.2, 0) is 4.79 Å². The summed E-state index contributed by atoms with van der Waals surface area (Å²) in [5, 5.41) is 2.95. The molecule has 0 saturated carbocycles. The van der Waals surface area contributed by atoms with Crippen molar-refractivity contribution in [3.63, 3.8) is 0 Å². The highest BCUT2D eigenvalue weighted by molar-refractivity contribution is 5.91. The monoisotopic (exact) mass is 326 g/mol. The van der Waals surface area contributed by atoms with Gasteiger partial charge in [0, 0.05) is 11.4 Å². The van der Waals surface area contributed by atoms with Crippen LogP contribution in [0.25, 0.3) is 0 Å². The number of nitrogens with zero attached hydrogens (tertiary/aromatic N) is 1. The van der Waals surface area contributed by atoms with E-state index in [1.54, 1.807) is 7.11 Å². The lowest BCUT2D eigenvalue weighted by Crippen LogP contribution is -3.15. The molecule has 5 heteroatoms. The molecule has 3 rings (SSSR count). The fraction of sp³-hybridized carbons (Fsp3) is 0.316. The van der Waals surface area contributed by atoms with Gasteiger partial charge in [0.1, 0.15) is 5.75 Å². The summed E-state index contributed by atoms with van der Waals surface area (Å²) in [6.45, 7) is 4.43. The number of ether oxygens (including phenoxy) is 1. The first-order valence-corrected chi connectivity index (χ1v) is 8.32. The molecule has 126 valence electrons. The number of anilines is 2. The molecule has 0 unspecified atom stereocenters. The second kappa shape index (κ2) is 7.84. The molecule has 0 atom stereocenters. The molecule has 1 saturated heterocycles. The number of methoxy groups -OCH3 is 1. The Labute approximate surface area is 142 Å². The van der Waals surface area contributed by atoms with Crippen LogP contribution in [0.4, 0.5) is 11.4 Å². The molecule has 0 spiro atoms. The van der Waals surface area contributed by atoms with Crippen LogP contribution in [0.3, 0.4) is 0 Å². The van der Waals surface area contributed by atoms with Gasteiger partial charge in [0.2, 0.25) is 0 Å². The van der Waals surface area contributed by atoms with Crippen LogP contribution >= 0.6 is 0 Å². The summed E-state index contributed by atoms with van der Waals surface area (Å²) in [6, 6.07) is 17.9. The minimum Gasteiger partial charge on any atom is -0.497 e. The van der Waals surface area contributed by atoms with Crippen molar-refractivity contribution in [3.8, 4) is 5.75 Å². The number of piperazine rings is 1. The third-order valence-electron chi connectivity index (χ3n) is 4.38. The maximum Gasteiger partial charge on any atom is 0.279 e. The van der Waals surface area contributed by atoms with Crippen LogP contribution in [0.5, 0.6) is 5.75 Å². The van der Waals surface area contributed by atoms with E-state index >= 15 is 0 Å². The molecule has 1 aliphatic heterocycles. The quantitative estimate of drug-likeness (QED) is 0.863. The number of carbonyl (C=O) groups excluding carboxylic acids is 1. The molecule has 1 fully saturated rings. The Bertz CT molecular complexity index is 650. The number of hydrogen-bond acceptors (Lipinski definition) is 3. The Morgan fingerprint density at radius 1 is 1.08 bits per heavy atom. The molecule has 0 bridgehead atoms. The summed E-state index contributed by atoms with van der Waals surface area (Å²) >= 11 is 0. The van der Waals surface area contributed by atoms with Gasteiger partial charge in [-0.25, -0.2) is 0 Å². The van der Waals surface area contributed by atoms with Crippen molar-refractivity contribution < 1.29 is 14.4 Å². The van der Waals surface area contributed by atoms with Gasteiger partial charge < -0.3 is 19.9 Å². The second-order valence-electron chi connectivity index (χ2n) is 6.03.